The first-order valence-corrected chi connectivity index (χ1v) is 10.6. The fourth-order valence-electron chi connectivity index (χ4n) is 3.72. The highest BCUT2D eigenvalue weighted by Crippen LogP contribution is 2.21. The number of nitrogens with zero attached hydrogens (tertiary/aromatic N) is 2. The molecule has 0 radical (unpaired) electrons. The van der Waals surface area contributed by atoms with Crippen LogP contribution in [0.4, 0.5) is 11.4 Å². The first kappa shape index (κ1) is 22.1. The van der Waals surface area contributed by atoms with Crippen LogP contribution in [0.3, 0.4) is 0 Å². The third-order valence-corrected chi connectivity index (χ3v) is 5.82. The number of carbonyl (C=O) groups is 2. The molecule has 0 saturated carbocycles. The lowest BCUT2D eigenvalue weighted by Gasteiger charge is -2.38. The normalized spacial score (nSPS) is 15.5. The van der Waals surface area contributed by atoms with Gasteiger partial charge in [-0.3, -0.25) is 14.5 Å². The number of amides is 2. The van der Waals surface area contributed by atoms with Crippen molar-refractivity contribution in [2.45, 2.75) is 26.8 Å². The summed E-state index contributed by atoms with van der Waals surface area (Å²) in [7, 11) is 0. The predicted molar refractivity (Wildman–Crippen MR) is 122 cm³/mol. The molecule has 2 amide bonds. The van der Waals surface area contributed by atoms with Crippen LogP contribution in [0.1, 0.15) is 18.1 Å². The minimum atomic E-state index is -0.292. The molecule has 2 aromatic rings. The zero-order chi connectivity index (χ0) is 21.7. The van der Waals surface area contributed by atoms with Gasteiger partial charge in [0, 0.05) is 42.6 Å². The highest BCUT2D eigenvalue weighted by Gasteiger charge is 2.26. The highest BCUT2D eigenvalue weighted by atomic mass is 35.5. The van der Waals surface area contributed by atoms with Crippen molar-refractivity contribution in [1.82, 2.24) is 10.2 Å². The molecule has 1 saturated heterocycles. The third kappa shape index (κ3) is 5.52. The smallest absolute Gasteiger partial charge is 0.243 e. The molecule has 7 heteroatoms. The summed E-state index contributed by atoms with van der Waals surface area (Å²) in [6.07, 6.45) is 0. The van der Waals surface area contributed by atoms with Gasteiger partial charge in [-0.05, 0) is 50.1 Å². The number of para-hydroxylation sites is 1. The van der Waals surface area contributed by atoms with E-state index in [4.69, 9.17) is 11.6 Å². The number of anilines is 2. The van der Waals surface area contributed by atoms with Gasteiger partial charge in [0.1, 0.15) is 0 Å². The Balaban J connectivity index is 1.46. The van der Waals surface area contributed by atoms with Crippen molar-refractivity contribution >= 4 is 34.8 Å². The molecule has 1 atom stereocenters. The molecule has 0 spiro atoms. The van der Waals surface area contributed by atoms with Gasteiger partial charge in [0.25, 0.3) is 0 Å². The molecule has 1 fully saturated rings. The van der Waals surface area contributed by atoms with Gasteiger partial charge in [-0.1, -0.05) is 35.9 Å². The number of rotatable bonds is 6. The standard InChI is InChI=1S/C23H29ClN4O2/c1-16-6-4-7-17(2)22(16)26-21(29)15-25-23(30)18(3)27-10-12-28(13-11-27)20-9-5-8-19(24)14-20/h4-9,14,18H,10-13,15H2,1-3H3,(H,25,30)(H,26,29)/t18-/m1/s1. The van der Waals surface area contributed by atoms with Crippen molar-refractivity contribution in [2.75, 3.05) is 42.9 Å². The summed E-state index contributed by atoms with van der Waals surface area (Å²) in [4.78, 5) is 29.3. The van der Waals surface area contributed by atoms with E-state index in [0.29, 0.717) is 0 Å². The van der Waals surface area contributed by atoms with Crippen molar-refractivity contribution in [3.63, 3.8) is 0 Å². The van der Waals surface area contributed by atoms with Gasteiger partial charge in [0.15, 0.2) is 0 Å². The van der Waals surface area contributed by atoms with Crippen molar-refractivity contribution in [3.05, 3.63) is 58.6 Å². The molecule has 3 rings (SSSR count). The van der Waals surface area contributed by atoms with Gasteiger partial charge >= 0.3 is 0 Å². The van der Waals surface area contributed by atoms with Gasteiger partial charge in [-0.15, -0.1) is 0 Å². The number of hydrogen-bond donors (Lipinski definition) is 2. The lowest BCUT2D eigenvalue weighted by atomic mass is 10.1. The Morgan fingerprint density at radius 3 is 2.30 bits per heavy atom. The van der Waals surface area contributed by atoms with E-state index in [1.807, 2.05) is 63.2 Å². The Morgan fingerprint density at radius 1 is 1.03 bits per heavy atom. The van der Waals surface area contributed by atoms with Crippen LogP contribution in [0, 0.1) is 13.8 Å². The molecule has 6 nitrogen and oxygen atoms in total. The summed E-state index contributed by atoms with van der Waals surface area (Å²) < 4.78 is 0. The summed E-state index contributed by atoms with van der Waals surface area (Å²) >= 11 is 6.09. The van der Waals surface area contributed by atoms with Crippen LogP contribution < -0.4 is 15.5 Å². The molecule has 0 unspecified atom stereocenters. The van der Waals surface area contributed by atoms with E-state index in [2.05, 4.69) is 20.4 Å². The molecule has 0 bridgehead atoms. The van der Waals surface area contributed by atoms with E-state index in [1.54, 1.807) is 0 Å². The molecule has 0 aromatic heterocycles. The second-order valence-corrected chi connectivity index (χ2v) is 8.15. The number of aryl methyl sites for hydroxylation is 2. The van der Waals surface area contributed by atoms with Crippen molar-refractivity contribution < 1.29 is 9.59 Å². The summed E-state index contributed by atoms with van der Waals surface area (Å²) in [6, 6.07) is 13.4. The van der Waals surface area contributed by atoms with E-state index in [-0.39, 0.29) is 24.4 Å². The van der Waals surface area contributed by atoms with Crippen molar-refractivity contribution in [2.24, 2.45) is 0 Å². The summed E-state index contributed by atoms with van der Waals surface area (Å²) in [5, 5.41) is 6.39. The summed E-state index contributed by atoms with van der Waals surface area (Å²) in [5.74, 6) is -0.360. The number of carbonyl (C=O) groups excluding carboxylic acids is 2. The van der Waals surface area contributed by atoms with Crippen LogP contribution >= 0.6 is 11.6 Å². The Morgan fingerprint density at radius 2 is 1.67 bits per heavy atom. The maximum Gasteiger partial charge on any atom is 0.243 e. The summed E-state index contributed by atoms with van der Waals surface area (Å²) in [5.41, 5.74) is 3.91. The topological polar surface area (TPSA) is 64.7 Å². The average molecular weight is 429 g/mol. The van der Waals surface area contributed by atoms with Gasteiger partial charge < -0.3 is 15.5 Å². The molecular weight excluding hydrogens is 400 g/mol. The minimum absolute atomic E-state index is 0.0422. The zero-order valence-corrected chi connectivity index (χ0v) is 18.5. The average Bonchev–Trinajstić information content (AvgIpc) is 2.74. The first-order valence-electron chi connectivity index (χ1n) is 10.2. The van der Waals surface area contributed by atoms with Crippen LogP contribution in [-0.2, 0) is 9.59 Å². The van der Waals surface area contributed by atoms with E-state index < -0.39 is 0 Å². The maximum atomic E-state index is 12.6. The number of nitrogens with one attached hydrogen (secondary N) is 2. The fourth-order valence-corrected chi connectivity index (χ4v) is 3.90. The van der Waals surface area contributed by atoms with Gasteiger partial charge in [-0.2, -0.15) is 0 Å². The Labute approximate surface area is 183 Å². The molecule has 160 valence electrons. The third-order valence-electron chi connectivity index (χ3n) is 5.58. The Kier molecular flexibility index (Phi) is 7.34. The number of benzene rings is 2. The quantitative estimate of drug-likeness (QED) is 0.741. The number of halogens is 1. The first-order chi connectivity index (χ1) is 14.3. The largest absolute Gasteiger partial charge is 0.369 e. The second-order valence-electron chi connectivity index (χ2n) is 7.71. The molecular formula is C23H29ClN4O2. The van der Waals surface area contributed by atoms with Gasteiger partial charge in [0.05, 0.1) is 12.6 Å². The monoisotopic (exact) mass is 428 g/mol. The van der Waals surface area contributed by atoms with Crippen LogP contribution in [0.25, 0.3) is 0 Å². The van der Waals surface area contributed by atoms with E-state index in [0.717, 1.165) is 53.7 Å². The SMILES string of the molecule is Cc1cccc(C)c1NC(=O)CNC(=O)[C@@H](C)N1CCN(c2cccc(Cl)c2)CC1. The Bertz CT molecular complexity index is 890. The molecule has 1 aliphatic rings. The fraction of sp³-hybridized carbons (Fsp3) is 0.391. The highest BCUT2D eigenvalue weighted by molar-refractivity contribution is 6.30. The lowest BCUT2D eigenvalue weighted by molar-refractivity contribution is -0.128. The molecule has 2 aromatic carbocycles. The van der Waals surface area contributed by atoms with Crippen LogP contribution in [0.15, 0.2) is 42.5 Å². The van der Waals surface area contributed by atoms with Gasteiger partial charge in [-0.25, -0.2) is 0 Å². The van der Waals surface area contributed by atoms with Crippen LogP contribution in [0.5, 0.6) is 0 Å². The van der Waals surface area contributed by atoms with Crippen molar-refractivity contribution in [1.29, 1.82) is 0 Å². The molecule has 0 aliphatic carbocycles. The van der Waals surface area contributed by atoms with Gasteiger partial charge in [0.2, 0.25) is 11.8 Å². The minimum Gasteiger partial charge on any atom is -0.369 e. The van der Waals surface area contributed by atoms with Crippen LogP contribution in [-0.4, -0.2) is 55.5 Å². The van der Waals surface area contributed by atoms with E-state index >= 15 is 0 Å². The zero-order valence-electron chi connectivity index (χ0n) is 17.7. The predicted octanol–water partition coefficient (Wildman–Crippen LogP) is 3.22. The maximum absolute atomic E-state index is 12.6. The summed E-state index contributed by atoms with van der Waals surface area (Å²) in [6.45, 7) is 8.94. The molecule has 30 heavy (non-hydrogen) atoms. The van der Waals surface area contributed by atoms with E-state index in [9.17, 15) is 9.59 Å². The lowest BCUT2D eigenvalue weighted by Crippen LogP contribution is -2.54. The van der Waals surface area contributed by atoms with Crippen LogP contribution in [0.2, 0.25) is 5.02 Å². The van der Waals surface area contributed by atoms with E-state index in [1.165, 1.54) is 0 Å². The number of hydrogen-bond acceptors (Lipinski definition) is 4. The molecule has 2 N–H and O–H groups in total. The Hall–Kier alpha value is -2.57. The van der Waals surface area contributed by atoms with Crippen molar-refractivity contribution in [3.8, 4) is 0 Å². The molecule has 1 aliphatic heterocycles. The second kappa shape index (κ2) is 9.96. The molecule has 1 heterocycles. The number of piperazine rings is 1.